The number of thiophene rings is 1. The zero-order valence-corrected chi connectivity index (χ0v) is 9.40. The van der Waals surface area contributed by atoms with E-state index in [0.717, 1.165) is 4.70 Å². The second-order valence-electron chi connectivity index (χ2n) is 2.81. The van der Waals surface area contributed by atoms with Gasteiger partial charge in [-0.25, -0.2) is 0 Å². The second kappa shape index (κ2) is 3.75. The first-order valence-electron chi connectivity index (χ1n) is 3.87. The van der Waals surface area contributed by atoms with E-state index in [9.17, 15) is 10.0 Å². The Morgan fingerprint density at radius 1 is 1.36 bits per heavy atom. The molecule has 0 aliphatic rings. The molecule has 0 aliphatic heterocycles. The highest BCUT2D eigenvalue weighted by Crippen LogP contribution is 2.31. The van der Waals surface area contributed by atoms with Crippen LogP contribution in [0.4, 0.5) is 0 Å². The van der Waals surface area contributed by atoms with Gasteiger partial charge in [-0.1, -0.05) is 17.7 Å². The lowest BCUT2D eigenvalue weighted by Crippen LogP contribution is -2.30. The van der Waals surface area contributed by atoms with E-state index in [-0.39, 0.29) is 0 Å². The molecule has 0 unspecified atom stereocenters. The quantitative estimate of drug-likeness (QED) is 0.526. The fraction of sp³-hybridized carbons (Fsp3) is 0. The third-order valence-electron chi connectivity index (χ3n) is 1.94. The third kappa shape index (κ3) is 1.55. The molecule has 0 aliphatic carbocycles. The van der Waals surface area contributed by atoms with Gasteiger partial charge >= 0.3 is 7.12 Å². The van der Waals surface area contributed by atoms with Crippen LogP contribution in [0, 0.1) is 0 Å². The zero-order chi connectivity index (χ0) is 10.3. The maximum Gasteiger partial charge on any atom is 0.491 e. The van der Waals surface area contributed by atoms with E-state index in [0.29, 0.717) is 20.1 Å². The van der Waals surface area contributed by atoms with Gasteiger partial charge in [-0.2, -0.15) is 0 Å². The summed E-state index contributed by atoms with van der Waals surface area (Å²) in [4.78, 5) is 0. The summed E-state index contributed by atoms with van der Waals surface area (Å²) in [5.41, 5.74) is 0.388. The first-order valence-corrected chi connectivity index (χ1v) is 5.51. The minimum absolute atomic E-state index is 0.388. The number of hydrogen-bond acceptors (Lipinski definition) is 4. The standard InChI is InChI=1S/C8H6BClO2S2/c10-4-2-1-3-5-6(4)7(9(11)12)8(13)14-5/h1-3,11-13H. The fourth-order valence-corrected chi connectivity index (χ4v) is 3.21. The van der Waals surface area contributed by atoms with E-state index in [1.807, 2.05) is 12.1 Å². The molecule has 0 radical (unpaired) electrons. The van der Waals surface area contributed by atoms with Crippen LogP contribution in [0.1, 0.15) is 0 Å². The van der Waals surface area contributed by atoms with Crippen molar-refractivity contribution >= 4 is 58.2 Å². The summed E-state index contributed by atoms with van der Waals surface area (Å²) in [6.07, 6.45) is 0. The first kappa shape index (κ1) is 10.3. The van der Waals surface area contributed by atoms with Crippen LogP contribution in [0.15, 0.2) is 22.4 Å². The Kier molecular flexibility index (Phi) is 2.77. The molecule has 0 saturated heterocycles. The van der Waals surface area contributed by atoms with Crippen LogP contribution in [0.5, 0.6) is 0 Å². The summed E-state index contributed by atoms with van der Waals surface area (Å²) in [6.45, 7) is 0. The highest BCUT2D eigenvalue weighted by atomic mass is 35.5. The van der Waals surface area contributed by atoms with Crippen molar-refractivity contribution < 1.29 is 10.0 Å². The molecule has 0 spiro atoms. The molecule has 2 rings (SSSR count). The SMILES string of the molecule is OB(O)c1c(S)sc2cccc(Cl)c12. The van der Waals surface area contributed by atoms with Crippen molar-refractivity contribution in [3.8, 4) is 0 Å². The van der Waals surface area contributed by atoms with Gasteiger partial charge in [0.15, 0.2) is 0 Å². The molecular formula is C8H6BClO2S2. The van der Waals surface area contributed by atoms with Gasteiger partial charge in [0.1, 0.15) is 0 Å². The monoisotopic (exact) mass is 244 g/mol. The van der Waals surface area contributed by atoms with Crippen molar-refractivity contribution in [2.75, 3.05) is 0 Å². The lowest BCUT2D eigenvalue weighted by atomic mass is 9.80. The first-order chi connectivity index (χ1) is 6.61. The van der Waals surface area contributed by atoms with Crippen molar-refractivity contribution in [1.82, 2.24) is 0 Å². The van der Waals surface area contributed by atoms with Crippen molar-refractivity contribution in [3.63, 3.8) is 0 Å². The molecule has 2 N–H and O–H groups in total. The van der Waals surface area contributed by atoms with Crippen LogP contribution < -0.4 is 5.46 Å². The predicted molar refractivity (Wildman–Crippen MR) is 63.9 cm³/mol. The molecule has 0 amide bonds. The van der Waals surface area contributed by atoms with Gasteiger partial charge in [-0.3, -0.25) is 0 Å². The third-order valence-corrected chi connectivity index (χ3v) is 3.74. The number of benzene rings is 1. The van der Waals surface area contributed by atoms with E-state index in [1.165, 1.54) is 11.3 Å². The van der Waals surface area contributed by atoms with Gasteiger partial charge in [-0.05, 0) is 12.1 Å². The normalized spacial score (nSPS) is 10.9. The Hall–Kier alpha value is -0.195. The van der Waals surface area contributed by atoms with E-state index >= 15 is 0 Å². The Balaban J connectivity index is 2.86. The van der Waals surface area contributed by atoms with Gasteiger partial charge in [-0.15, -0.1) is 24.0 Å². The van der Waals surface area contributed by atoms with E-state index < -0.39 is 7.12 Å². The molecule has 2 aromatic rings. The van der Waals surface area contributed by atoms with Crippen LogP contribution in [-0.2, 0) is 0 Å². The zero-order valence-electron chi connectivity index (χ0n) is 6.94. The molecule has 72 valence electrons. The molecule has 0 fully saturated rings. The number of hydrogen-bond donors (Lipinski definition) is 3. The molecule has 14 heavy (non-hydrogen) atoms. The maximum absolute atomic E-state index is 9.17. The minimum Gasteiger partial charge on any atom is -0.423 e. The Morgan fingerprint density at radius 2 is 2.07 bits per heavy atom. The maximum atomic E-state index is 9.17. The van der Waals surface area contributed by atoms with E-state index in [4.69, 9.17) is 11.6 Å². The molecule has 0 saturated carbocycles. The average Bonchev–Trinajstić information content (AvgIpc) is 2.42. The largest absolute Gasteiger partial charge is 0.491 e. The highest BCUT2D eigenvalue weighted by molar-refractivity contribution is 7.83. The van der Waals surface area contributed by atoms with Gasteiger partial charge in [0, 0.05) is 20.6 Å². The lowest BCUT2D eigenvalue weighted by molar-refractivity contribution is 0.425. The Bertz CT molecular complexity index is 483. The highest BCUT2D eigenvalue weighted by Gasteiger charge is 2.22. The van der Waals surface area contributed by atoms with Crippen LogP contribution in [-0.4, -0.2) is 17.2 Å². The summed E-state index contributed by atoms with van der Waals surface area (Å²) in [5, 5.41) is 19.5. The van der Waals surface area contributed by atoms with E-state index in [2.05, 4.69) is 12.6 Å². The summed E-state index contributed by atoms with van der Waals surface area (Å²) in [6, 6.07) is 5.41. The van der Waals surface area contributed by atoms with Crippen LogP contribution in [0.2, 0.25) is 5.02 Å². The number of fused-ring (bicyclic) bond motifs is 1. The van der Waals surface area contributed by atoms with Crippen molar-refractivity contribution in [2.24, 2.45) is 0 Å². The summed E-state index contributed by atoms with van der Waals surface area (Å²) < 4.78 is 1.49. The van der Waals surface area contributed by atoms with Gasteiger partial charge in [0.2, 0.25) is 0 Å². The Morgan fingerprint density at radius 3 is 2.71 bits per heavy atom. The second-order valence-corrected chi connectivity index (χ2v) is 5.02. The van der Waals surface area contributed by atoms with Gasteiger partial charge in [0.25, 0.3) is 0 Å². The van der Waals surface area contributed by atoms with Crippen LogP contribution >= 0.6 is 35.6 Å². The Labute approximate surface area is 95.7 Å². The number of thiol groups is 1. The molecule has 1 aromatic carbocycles. The summed E-state index contributed by atoms with van der Waals surface area (Å²) in [7, 11) is -1.53. The van der Waals surface area contributed by atoms with Crippen molar-refractivity contribution in [1.29, 1.82) is 0 Å². The molecular weight excluding hydrogens is 238 g/mol. The average molecular weight is 245 g/mol. The molecule has 2 nitrogen and oxygen atoms in total. The van der Waals surface area contributed by atoms with Crippen LogP contribution in [0.25, 0.3) is 10.1 Å². The van der Waals surface area contributed by atoms with E-state index in [1.54, 1.807) is 6.07 Å². The fourth-order valence-electron chi connectivity index (χ4n) is 1.36. The summed E-state index contributed by atoms with van der Waals surface area (Å²) in [5.74, 6) is 0. The number of halogens is 1. The minimum atomic E-state index is -1.53. The van der Waals surface area contributed by atoms with Crippen molar-refractivity contribution in [3.05, 3.63) is 23.2 Å². The van der Waals surface area contributed by atoms with Gasteiger partial charge in [0.05, 0.1) is 4.21 Å². The smallest absolute Gasteiger partial charge is 0.423 e. The summed E-state index contributed by atoms with van der Waals surface area (Å²) >= 11 is 11.5. The molecule has 1 heterocycles. The molecule has 0 atom stereocenters. The predicted octanol–water partition coefficient (Wildman–Crippen LogP) is 1.52. The molecule has 1 aromatic heterocycles. The molecule has 6 heteroatoms. The topological polar surface area (TPSA) is 40.5 Å². The van der Waals surface area contributed by atoms with Gasteiger partial charge < -0.3 is 10.0 Å². The van der Waals surface area contributed by atoms with Crippen LogP contribution in [0.3, 0.4) is 0 Å². The number of rotatable bonds is 1. The van der Waals surface area contributed by atoms with Crippen molar-refractivity contribution in [2.45, 2.75) is 4.21 Å². The lowest BCUT2D eigenvalue weighted by Gasteiger charge is -1.99. The molecule has 0 bridgehead atoms.